The number of rotatable bonds is 6. The molecule has 1 N–H and O–H groups in total. The van der Waals surface area contributed by atoms with Crippen LogP contribution < -0.4 is 5.32 Å². The van der Waals surface area contributed by atoms with Gasteiger partial charge < -0.3 is 10.2 Å². The summed E-state index contributed by atoms with van der Waals surface area (Å²) < 4.78 is 2.11. The number of aryl methyl sites for hydroxylation is 2. The third kappa shape index (κ3) is 4.14. The molecule has 1 aromatic heterocycles. The van der Waals surface area contributed by atoms with Crippen LogP contribution in [-0.4, -0.2) is 47.4 Å². The van der Waals surface area contributed by atoms with Crippen molar-refractivity contribution in [1.29, 1.82) is 0 Å². The highest BCUT2D eigenvalue weighted by atomic mass is 15.3. The Morgan fingerprint density at radius 2 is 1.58 bits per heavy atom. The molecule has 0 amide bonds. The van der Waals surface area contributed by atoms with Crippen LogP contribution in [0.5, 0.6) is 0 Å². The van der Waals surface area contributed by atoms with Gasteiger partial charge in [0.25, 0.3) is 0 Å². The first kappa shape index (κ1) is 20.0. The second-order valence-corrected chi connectivity index (χ2v) is 8.41. The van der Waals surface area contributed by atoms with Crippen molar-refractivity contribution in [3.63, 3.8) is 0 Å². The molecule has 158 valence electrons. The van der Waals surface area contributed by atoms with Crippen molar-refractivity contribution in [1.82, 2.24) is 20.0 Å². The Kier molecular flexibility index (Phi) is 5.83. The molecule has 0 atom stereocenters. The molecule has 1 aliphatic heterocycles. The van der Waals surface area contributed by atoms with E-state index in [2.05, 4.69) is 94.6 Å². The largest absolute Gasteiger partial charge is 0.314 e. The third-order valence-electron chi connectivity index (χ3n) is 6.35. The van der Waals surface area contributed by atoms with Crippen molar-refractivity contribution in [3.8, 4) is 16.9 Å². The molecule has 0 spiro atoms. The summed E-state index contributed by atoms with van der Waals surface area (Å²) >= 11 is 0. The molecule has 0 unspecified atom stereocenters. The highest BCUT2D eigenvalue weighted by Crippen LogP contribution is 2.34. The zero-order valence-electron chi connectivity index (χ0n) is 18.2. The van der Waals surface area contributed by atoms with Crippen LogP contribution >= 0.6 is 0 Å². The van der Waals surface area contributed by atoms with E-state index in [0.29, 0.717) is 0 Å². The van der Waals surface area contributed by atoms with Gasteiger partial charge in [-0.05, 0) is 55.6 Å². The van der Waals surface area contributed by atoms with Gasteiger partial charge in [0.2, 0.25) is 0 Å². The predicted molar refractivity (Wildman–Crippen MR) is 129 cm³/mol. The Labute approximate surface area is 184 Å². The molecule has 0 bridgehead atoms. The number of aromatic nitrogens is 2. The lowest BCUT2D eigenvalue weighted by Crippen LogP contribution is -2.43. The summed E-state index contributed by atoms with van der Waals surface area (Å²) in [5.41, 5.74) is 7.35. The number of benzene rings is 3. The maximum Gasteiger partial charge on any atom is 0.101 e. The van der Waals surface area contributed by atoms with Crippen LogP contribution in [0.2, 0.25) is 0 Å². The number of para-hydroxylation sites is 1. The molecule has 1 fully saturated rings. The Hall–Kier alpha value is -2.95. The maximum absolute atomic E-state index is 5.13. The van der Waals surface area contributed by atoms with Crippen LogP contribution in [0.25, 0.3) is 27.8 Å². The summed E-state index contributed by atoms with van der Waals surface area (Å²) in [5.74, 6) is 0. The fourth-order valence-electron chi connectivity index (χ4n) is 4.68. The van der Waals surface area contributed by atoms with Gasteiger partial charge in [-0.15, -0.1) is 0 Å². The summed E-state index contributed by atoms with van der Waals surface area (Å²) in [7, 11) is 0. The molecule has 4 nitrogen and oxygen atoms in total. The lowest BCUT2D eigenvalue weighted by Gasteiger charge is -2.27. The zero-order chi connectivity index (χ0) is 21.0. The topological polar surface area (TPSA) is 33.1 Å². The Bertz CT molecular complexity index is 1140. The molecule has 3 aromatic carbocycles. The average Bonchev–Trinajstić information content (AvgIpc) is 3.22. The predicted octanol–water partition coefficient (Wildman–Crippen LogP) is 4.84. The lowest BCUT2D eigenvalue weighted by atomic mass is 9.95. The van der Waals surface area contributed by atoms with Crippen LogP contribution in [-0.2, 0) is 6.42 Å². The van der Waals surface area contributed by atoms with Crippen LogP contribution in [0.15, 0.2) is 72.8 Å². The van der Waals surface area contributed by atoms with Gasteiger partial charge in [0, 0.05) is 37.1 Å². The van der Waals surface area contributed by atoms with Gasteiger partial charge >= 0.3 is 0 Å². The maximum atomic E-state index is 5.13. The molecule has 0 saturated carbocycles. The summed E-state index contributed by atoms with van der Waals surface area (Å²) in [4.78, 5) is 2.58. The van der Waals surface area contributed by atoms with Crippen LogP contribution in [0.4, 0.5) is 0 Å². The lowest BCUT2D eigenvalue weighted by molar-refractivity contribution is 0.238. The van der Waals surface area contributed by atoms with Crippen molar-refractivity contribution in [2.75, 3.05) is 32.7 Å². The average molecular weight is 411 g/mol. The molecule has 4 heteroatoms. The molecule has 1 aliphatic rings. The van der Waals surface area contributed by atoms with E-state index in [4.69, 9.17) is 5.10 Å². The number of hydrogen-bond donors (Lipinski definition) is 1. The zero-order valence-corrected chi connectivity index (χ0v) is 18.2. The van der Waals surface area contributed by atoms with E-state index in [0.717, 1.165) is 50.5 Å². The van der Waals surface area contributed by atoms with E-state index >= 15 is 0 Å². The fourth-order valence-corrected chi connectivity index (χ4v) is 4.68. The first-order valence-electron chi connectivity index (χ1n) is 11.4. The van der Waals surface area contributed by atoms with E-state index in [9.17, 15) is 0 Å². The van der Waals surface area contributed by atoms with Gasteiger partial charge in [0.05, 0.1) is 11.2 Å². The Morgan fingerprint density at radius 3 is 2.32 bits per heavy atom. The van der Waals surface area contributed by atoms with Gasteiger partial charge in [0.1, 0.15) is 5.69 Å². The van der Waals surface area contributed by atoms with Gasteiger partial charge in [0.15, 0.2) is 0 Å². The summed E-state index contributed by atoms with van der Waals surface area (Å²) in [6, 6.07) is 25.6. The standard InChI is InChI=1S/C27H30N4/c1-21-14-15-25-26(24(21)13-8-18-30-19-16-28-17-20-30)27(22-9-4-2-5-10-22)29-31(25)23-11-6-3-7-12-23/h2-7,9-12,14-15,28H,8,13,16-20H2,1H3. The van der Waals surface area contributed by atoms with Gasteiger partial charge in [-0.2, -0.15) is 5.10 Å². The number of fused-ring (bicyclic) bond motifs is 1. The van der Waals surface area contributed by atoms with Gasteiger partial charge in [-0.25, -0.2) is 4.68 Å². The second kappa shape index (κ2) is 9.04. The van der Waals surface area contributed by atoms with Crippen LogP contribution in [0.3, 0.4) is 0 Å². The van der Waals surface area contributed by atoms with Crippen molar-refractivity contribution in [2.24, 2.45) is 0 Å². The third-order valence-corrected chi connectivity index (χ3v) is 6.35. The van der Waals surface area contributed by atoms with Gasteiger partial charge in [-0.1, -0.05) is 54.6 Å². The minimum atomic E-state index is 1.08. The first-order chi connectivity index (χ1) is 15.3. The first-order valence-corrected chi connectivity index (χ1v) is 11.4. The van der Waals surface area contributed by atoms with E-state index in [1.165, 1.54) is 34.0 Å². The molecular formula is C27H30N4. The van der Waals surface area contributed by atoms with Gasteiger partial charge in [-0.3, -0.25) is 0 Å². The molecule has 1 saturated heterocycles. The van der Waals surface area contributed by atoms with Crippen LogP contribution in [0, 0.1) is 6.92 Å². The fraction of sp³-hybridized carbons (Fsp3) is 0.296. The summed E-state index contributed by atoms with van der Waals surface area (Å²) in [5, 5.41) is 9.88. The molecule has 2 heterocycles. The minimum absolute atomic E-state index is 1.08. The molecule has 31 heavy (non-hydrogen) atoms. The summed E-state index contributed by atoms with van der Waals surface area (Å²) in [6.45, 7) is 7.93. The van der Waals surface area contributed by atoms with E-state index < -0.39 is 0 Å². The van der Waals surface area contributed by atoms with E-state index in [-0.39, 0.29) is 0 Å². The highest BCUT2D eigenvalue weighted by Gasteiger charge is 2.18. The number of nitrogens with one attached hydrogen (secondary N) is 1. The quantitative estimate of drug-likeness (QED) is 0.494. The van der Waals surface area contributed by atoms with E-state index in [1.54, 1.807) is 0 Å². The monoisotopic (exact) mass is 410 g/mol. The SMILES string of the molecule is Cc1ccc2c(c(-c3ccccc3)nn2-c2ccccc2)c1CCCN1CCNCC1. The highest BCUT2D eigenvalue weighted by molar-refractivity contribution is 5.97. The second-order valence-electron chi connectivity index (χ2n) is 8.41. The van der Waals surface area contributed by atoms with Crippen molar-refractivity contribution < 1.29 is 0 Å². The molecule has 4 aromatic rings. The minimum Gasteiger partial charge on any atom is -0.314 e. The summed E-state index contributed by atoms with van der Waals surface area (Å²) in [6.07, 6.45) is 2.25. The molecule has 5 rings (SSSR count). The van der Waals surface area contributed by atoms with Crippen molar-refractivity contribution in [3.05, 3.63) is 83.9 Å². The Morgan fingerprint density at radius 1 is 0.871 bits per heavy atom. The molecule has 0 aliphatic carbocycles. The Balaban J connectivity index is 1.57. The van der Waals surface area contributed by atoms with Crippen molar-refractivity contribution in [2.45, 2.75) is 19.8 Å². The number of hydrogen-bond acceptors (Lipinski definition) is 3. The van der Waals surface area contributed by atoms with Crippen molar-refractivity contribution >= 4 is 10.9 Å². The van der Waals surface area contributed by atoms with Crippen LogP contribution in [0.1, 0.15) is 17.5 Å². The normalized spacial score (nSPS) is 14.9. The smallest absolute Gasteiger partial charge is 0.101 e. The number of nitrogens with zero attached hydrogens (tertiary/aromatic N) is 3. The van der Waals surface area contributed by atoms with E-state index in [1.807, 2.05) is 0 Å². The molecular weight excluding hydrogens is 380 g/mol. The molecule has 0 radical (unpaired) electrons. The number of piperazine rings is 1.